The Kier molecular flexibility index (Phi) is 10.7. The molecular weight excluding hydrogens is 662 g/mol. The molecule has 1 aliphatic rings. The molecule has 262 valence electrons. The van der Waals surface area contributed by atoms with Crippen LogP contribution in [-0.4, -0.2) is 70.2 Å². The molecule has 0 amide bonds. The van der Waals surface area contributed by atoms with Gasteiger partial charge in [0.1, 0.15) is 34.4 Å². The number of halogens is 4. The third kappa shape index (κ3) is 7.91. The van der Waals surface area contributed by atoms with E-state index in [2.05, 4.69) is 14.9 Å². The monoisotopic (exact) mass is 701 g/mol. The number of alkyl halides is 3. The minimum absolute atomic E-state index is 0.0453. The van der Waals surface area contributed by atoms with Gasteiger partial charge in [-0.2, -0.15) is 13.2 Å². The molecule has 0 radical (unpaired) electrons. The standard InChI is InChI=1S/C35H39F4N5O4S/c1-42(2)34(16-13-25-7-5-8-27(19-25)35(37,38)39)15-6-18-43(23-34)28-10-12-32(30(36)20-28)49(45,46)44(33-14-17-40-24-41-33)22-26-9-11-29(47-3)21-31(26)48-4/h5,7-12,14,17,19-21,24H,6,13,15-16,18,22-23H2,1-4H3/t34-/m0/s1. The number of piperidine rings is 1. The molecule has 9 nitrogen and oxygen atoms in total. The summed E-state index contributed by atoms with van der Waals surface area (Å²) < 4.78 is 96.0. The predicted molar refractivity (Wildman–Crippen MR) is 179 cm³/mol. The van der Waals surface area contributed by atoms with E-state index in [1.54, 1.807) is 30.3 Å². The Bertz CT molecular complexity index is 1860. The summed E-state index contributed by atoms with van der Waals surface area (Å²) in [5.41, 5.74) is 0.512. The summed E-state index contributed by atoms with van der Waals surface area (Å²) in [4.78, 5) is 11.6. The molecule has 1 aliphatic heterocycles. The lowest BCUT2D eigenvalue weighted by molar-refractivity contribution is -0.137. The number of nitrogens with zero attached hydrogens (tertiary/aromatic N) is 5. The van der Waals surface area contributed by atoms with Gasteiger partial charge in [-0.1, -0.05) is 18.2 Å². The number of ether oxygens (including phenoxy) is 2. The lowest BCUT2D eigenvalue weighted by Crippen LogP contribution is -2.56. The molecule has 0 unspecified atom stereocenters. The van der Waals surface area contributed by atoms with Crippen molar-refractivity contribution in [1.82, 2.24) is 14.9 Å². The minimum atomic E-state index is -4.49. The van der Waals surface area contributed by atoms with Gasteiger partial charge >= 0.3 is 6.18 Å². The van der Waals surface area contributed by atoms with E-state index >= 15 is 4.39 Å². The van der Waals surface area contributed by atoms with Gasteiger partial charge in [0.25, 0.3) is 10.0 Å². The number of anilines is 2. The summed E-state index contributed by atoms with van der Waals surface area (Å²) in [7, 11) is 2.34. The SMILES string of the molecule is COc1ccc(CN(c2ccncn2)S(=O)(=O)c2ccc(N3CCC[C@@](CCc4cccc(C(F)(F)F)c4)(N(C)C)C3)cc2F)c(OC)c1. The van der Waals surface area contributed by atoms with Crippen molar-refractivity contribution in [2.45, 2.75) is 48.8 Å². The second-order valence-corrected chi connectivity index (χ2v) is 14.0. The third-order valence-electron chi connectivity index (χ3n) is 9.12. The van der Waals surface area contributed by atoms with Crippen molar-refractivity contribution < 1.29 is 35.5 Å². The first-order valence-corrected chi connectivity index (χ1v) is 17.1. The molecule has 49 heavy (non-hydrogen) atoms. The first-order chi connectivity index (χ1) is 23.3. The van der Waals surface area contributed by atoms with Gasteiger partial charge in [-0.15, -0.1) is 0 Å². The number of rotatable bonds is 12. The number of hydrogen-bond acceptors (Lipinski definition) is 8. The predicted octanol–water partition coefficient (Wildman–Crippen LogP) is 6.58. The van der Waals surface area contributed by atoms with Crippen LogP contribution >= 0.6 is 0 Å². The average molecular weight is 702 g/mol. The summed E-state index contributed by atoms with van der Waals surface area (Å²) in [5.74, 6) is 0.0180. The first-order valence-electron chi connectivity index (χ1n) is 15.7. The molecule has 1 fully saturated rings. The summed E-state index contributed by atoms with van der Waals surface area (Å²) in [5, 5.41) is 0. The highest BCUT2D eigenvalue weighted by Crippen LogP contribution is 2.36. The van der Waals surface area contributed by atoms with Crippen LogP contribution in [0.3, 0.4) is 0 Å². The molecule has 2 heterocycles. The molecule has 0 bridgehead atoms. The number of aryl methyl sites for hydroxylation is 1. The van der Waals surface area contributed by atoms with Crippen molar-refractivity contribution in [3.8, 4) is 11.5 Å². The Morgan fingerprint density at radius 2 is 1.80 bits per heavy atom. The van der Waals surface area contributed by atoms with E-state index in [1.807, 2.05) is 19.0 Å². The molecule has 1 aromatic heterocycles. The van der Waals surface area contributed by atoms with Crippen LogP contribution in [0.1, 0.15) is 36.0 Å². The van der Waals surface area contributed by atoms with Crippen molar-refractivity contribution >= 4 is 21.5 Å². The third-order valence-corrected chi connectivity index (χ3v) is 10.9. The van der Waals surface area contributed by atoms with E-state index in [4.69, 9.17) is 9.47 Å². The molecule has 5 rings (SSSR count). The minimum Gasteiger partial charge on any atom is -0.497 e. The quantitative estimate of drug-likeness (QED) is 0.153. The Labute approximate surface area is 284 Å². The summed E-state index contributed by atoms with van der Waals surface area (Å²) in [6, 6.07) is 15.8. The Morgan fingerprint density at radius 3 is 2.45 bits per heavy atom. The maximum Gasteiger partial charge on any atom is 0.416 e. The summed E-state index contributed by atoms with van der Waals surface area (Å²) in [6.07, 6.45) is 0.753. The van der Waals surface area contributed by atoms with Crippen LogP contribution in [0.15, 0.2) is 84.1 Å². The van der Waals surface area contributed by atoms with Crippen LogP contribution < -0.4 is 18.7 Å². The topological polar surface area (TPSA) is 88.1 Å². The summed E-state index contributed by atoms with van der Waals surface area (Å²) >= 11 is 0. The van der Waals surface area contributed by atoms with E-state index in [-0.39, 0.29) is 12.4 Å². The lowest BCUT2D eigenvalue weighted by Gasteiger charge is -2.48. The Balaban J connectivity index is 1.41. The number of benzene rings is 3. The van der Waals surface area contributed by atoms with Gasteiger partial charge in [-0.3, -0.25) is 0 Å². The highest BCUT2D eigenvalue weighted by molar-refractivity contribution is 7.92. The maximum absolute atomic E-state index is 16.0. The molecule has 0 N–H and O–H groups in total. The molecule has 0 spiro atoms. The second-order valence-electron chi connectivity index (χ2n) is 12.2. The molecular formula is C35H39F4N5O4S. The van der Waals surface area contributed by atoms with E-state index in [9.17, 15) is 21.6 Å². The van der Waals surface area contributed by atoms with Gasteiger partial charge in [-0.05, 0) is 81.7 Å². The fourth-order valence-electron chi connectivity index (χ4n) is 6.28. The van der Waals surface area contributed by atoms with Crippen molar-refractivity contribution in [3.05, 3.63) is 102 Å². The zero-order valence-electron chi connectivity index (χ0n) is 27.7. The van der Waals surface area contributed by atoms with E-state index < -0.39 is 38.0 Å². The van der Waals surface area contributed by atoms with Crippen LogP contribution in [0.25, 0.3) is 0 Å². The zero-order valence-corrected chi connectivity index (χ0v) is 28.6. The van der Waals surface area contributed by atoms with Crippen molar-refractivity contribution in [2.24, 2.45) is 0 Å². The highest BCUT2D eigenvalue weighted by Gasteiger charge is 2.38. The normalized spacial score (nSPS) is 16.9. The molecule has 1 saturated heterocycles. The fraction of sp³-hybridized carbons (Fsp3) is 0.371. The van der Waals surface area contributed by atoms with E-state index in [0.717, 1.165) is 23.2 Å². The van der Waals surface area contributed by atoms with Crippen LogP contribution in [0.2, 0.25) is 0 Å². The van der Waals surface area contributed by atoms with Crippen LogP contribution in [0, 0.1) is 5.82 Å². The van der Waals surface area contributed by atoms with Crippen molar-refractivity contribution in [2.75, 3.05) is 50.6 Å². The molecule has 0 aliphatic carbocycles. The average Bonchev–Trinajstić information content (AvgIpc) is 3.09. The Morgan fingerprint density at radius 1 is 1.00 bits per heavy atom. The smallest absolute Gasteiger partial charge is 0.416 e. The largest absolute Gasteiger partial charge is 0.497 e. The van der Waals surface area contributed by atoms with Crippen LogP contribution in [0.4, 0.5) is 29.1 Å². The van der Waals surface area contributed by atoms with Gasteiger partial charge in [0, 0.05) is 48.2 Å². The van der Waals surface area contributed by atoms with Crippen LogP contribution in [0.5, 0.6) is 11.5 Å². The number of hydrogen-bond donors (Lipinski definition) is 0. The molecule has 4 aromatic rings. The van der Waals surface area contributed by atoms with Gasteiger partial charge in [-0.25, -0.2) is 27.1 Å². The van der Waals surface area contributed by atoms with Gasteiger partial charge in [0.2, 0.25) is 0 Å². The maximum atomic E-state index is 16.0. The number of methoxy groups -OCH3 is 2. The van der Waals surface area contributed by atoms with Crippen LogP contribution in [-0.2, 0) is 29.2 Å². The van der Waals surface area contributed by atoms with Gasteiger partial charge in [0.05, 0.1) is 26.3 Å². The van der Waals surface area contributed by atoms with Gasteiger partial charge in [0.15, 0.2) is 0 Å². The van der Waals surface area contributed by atoms with Gasteiger partial charge < -0.3 is 19.3 Å². The van der Waals surface area contributed by atoms with E-state index in [0.29, 0.717) is 54.2 Å². The number of aromatic nitrogens is 2. The van der Waals surface area contributed by atoms with Crippen molar-refractivity contribution in [1.29, 1.82) is 0 Å². The lowest BCUT2D eigenvalue weighted by atomic mass is 9.82. The number of likely N-dealkylation sites (N-methyl/N-ethyl adjacent to an activating group) is 1. The molecule has 3 aromatic carbocycles. The second kappa shape index (κ2) is 14.6. The summed E-state index contributed by atoms with van der Waals surface area (Å²) in [6.45, 7) is 0.876. The molecule has 14 heteroatoms. The molecule has 1 atom stereocenters. The van der Waals surface area contributed by atoms with E-state index in [1.165, 1.54) is 57.1 Å². The highest BCUT2D eigenvalue weighted by atomic mass is 32.2. The fourth-order valence-corrected chi connectivity index (χ4v) is 7.72. The molecule has 0 saturated carbocycles. The Hall–Kier alpha value is -4.43. The number of sulfonamides is 1. The zero-order chi connectivity index (χ0) is 35.4. The van der Waals surface area contributed by atoms with Crippen molar-refractivity contribution in [3.63, 3.8) is 0 Å². The first kappa shape index (κ1) is 35.9.